The number of piperidine rings is 1. The van der Waals surface area contributed by atoms with Crippen molar-refractivity contribution in [1.29, 1.82) is 0 Å². The largest absolute Gasteiger partial charge is 0.359 e. The molecular formula is C19H20N2O3. The molecule has 2 bridgehead atoms. The molecule has 1 aromatic rings. The Morgan fingerprint density at radius 2 is 2.17 bits per heavy atom. The van der Waals surface area contributed by atoms with E-state index in [0.717, 1.165) is 37.1 Å². The van der Waals surface area contributed by atoms with E-state index in [0.29, 0.717) is 12.0 Å². The Morgan fingerprint density at radius 1 is 1.29 bits per heavy atom. The lowest BCUT2D eigenvalue weighted by Crippen LogP contribution is -2.71. The third-order valence-corrected chi connectivity index (χ3v) is 6.86. The first kappa shape index (κ1) is 13.6. The van der Waals surface area contributed by atoms with Crippen molar-refractivity contribution < 1.29 is 15.1 Å². The molecule has 2 saturated heterocycles. The summed E-state index contributed by atoms with van der Waals surface area (Å²) >= 11 is 0. The monoisotopic (exact) mass is 324 g/mol. The highest BCUT2D eigenvalue weighted by atomic mass is 16.7. The summed E-state index contributed by atoms with van der Waals surface area (Å²) in [6.45, 7) is 0.983. The molecule has 5 aliphatic rings. The molecule has 6 rings (SSSR count). The lowest BCUT2D eigenvalue weighted by molar-refractivity contribution is -0.275. The van der Waals surface area contributed by atoms with E-state index < -0.39 is 5.79 Å². The zero-order chi connectivity index (χ0) is 16.1. The van der Waals surface area contributed by atoms with Crippen LogP contribution >= 0.6 is 0 Å². The molecule has 124 valence electrons. The molecule has 3 heterocycles. The van der Waals surface area contributed by atoms with Gasteiger partial charge in [-0.1, -0.05) is 24.3 Å². The fourth-order valence-corrected chi connectivity index (χ4v) is 5.97. The lowest BCUT2D eigenvalue weighted by atomic mass is 9.50. The maximum Gasteiger partial charge on any atom is 0.215 e. The van der Waals surface area contributed by atoms with Crippen LogP contribution in [-0.4, -0.2) is 39.9 Å². The maximum atomic E-state index is 10.7. The third-order valence-electron chi connectivity index (χ3n) is 6.86. The number of hydroxylamine groups is 2. The highest BCUT2D eigenvalue weighted by Gasteiger charge is 2.66. The van der Waals surface area contributed by atoms with E-state index in [4.69, 9.17) is 4.74 Å². The molecule has 2 fully saturated rings. The van der Waals surface area contributed by atoms with Crippen LogP contribution in [0.1, 0.15) is 24.0 Å². The van der Waals surface area contributed by atoms with E-state index in [9.17, 15) is 10.3 Å². The molecule has 0 aromatic heterocycles. The normalized spacial score (nSPS) is 44.4. The smallest absolute Gasteiger partial charge is 0.215 e. The number of nitrogens with zero attached hydrogens (tertiary/aromatic N) is 1. The average molecular weight is 324 g/mol. The third kappa shape index (κ3) is 1.38. The summed E-state index contributed by atoms with van der Waals surface area (Å²) in [6, 6.07) is 9.06. The van der Waals surface area contributed by atoms with Crippen LogP contribution in [0.25, 0.3) is 0 Å². The Bertz CT molecular complexity index is 819. The van der Waals surface area contributed by atoms with E-state index in [2.05, 4.69) is 29.6 Å². The number of allylic oxidation sites excluding steroid dienone is 1. The molecular weight excluding hydrogens is 304 g/mol. The zero-order valence-corrected chi connectivity index (χ0v) is 13.3. The van der Waals surface area contributed by atoms with Crippen molar-refractivity contribution in [2.75, 3.05) is 6.54 Å². The quantitative estimate of drug-likeness (QED) is 0.674. The minimum Gasteiger partial charge on any atom is -0.359 e. The van der Waals surface area contributed by atoms with Gasteiger partial charge in [-0.3, -0.25) is 5.21 Å². The average Bonchev–Trinajstić information content (AvgIpc) is 2.56. The lowest BCUT2D eigenvalue weighted by Gasteiger charge is -2.64. The molecule has 1 aromatic carbocycles. The minimum absolute atomic E-state index is 0.0260. The second-order valence-electron chi connectivity index (χ2n) is 7.79. The highest BCUT2D eigenvalue weighted by molar-refractivity contribution is 5.51. The van der Waals surface area contributed by atoms with Crippen molar-refractivity contribution >= 4 is 0 Å². The van der Waals surface area contributed by atoms with Gasteiger partial charge in [-0.15, -0.1) is 0 Å². The van der Waals surface area contributed by atoms with Crippen LogP contribution in [0.5, 0.6) is 0 Å². The molecule has 1 unspecified atom stereocenters. The van der Waals surface area contributed by atoms with Crippen molar-refractivity contribution in [3.05, 3.63) is 58.9 Å². The van der Waals surface area contributed by atoms with Gasteiger partial charge in [-0.05, 0) is 36.6 Å². The number of benzene rings is 1. The molecule has 5 heteroatoms. The first-order valence-electron chi connectivity index (χ1n) is 8.75. The summed E-state index contributed by atoms with van der Waals surface area (Å²) in [4.78, 5) is 0. The van der Waals surface area contributed by atoms with Gasteiger partial charge in [0.15, 0.2) is 0 Å². The number of aliphatic hydroxyl groups is 1. The number of hydrogen-bond donors (Lipinski definition) is 3. The molecule has 2 aliphatic carbocycles. The van der Waals surface area contributed by atoms with Crippen molar-refractivity contribution in [2.45, 2.75) is 42.6 Å². The number of fused-ring (bicyclic) bond motifs is 1. The van der Waals surface area contributed by atoms with Crippen LogP contribution < -0.4 is 5.32 Å². The first-order chi connectivity index (χ1) is 11.6. The molecule has 24 heavy (non-hydrogen) atoms. The summed E-state index contributed by atoms with van der Waals surface area (Å²) in [5.74, 6) is -1.01. The standard InChI is InChI=1S/C19H20N2O3/c22-19-6-8-21(23)14-10-18-5-7-20-13(15(18)17(24-19)16(14)19)9-11-3-1-2-4-12(11)18/h1-4,6,8,13,15,17,20,22-23H,5,7,9-10H2/t13-,15-,17+,18-,19?/m1/s1. The molecule has 3 aliphatic heterocycles. The van der Waals surface area contributed by atoms with Gasteiger partial charge >= 0.3 is 0 Å². The second-order valence-corrected chi connectivity index (χ2v) is 7.79. The van der Waals surface area contributed by atoms with Crippen LogP contribution in [0.4, 0.5) is 0 Å². The Kier molecular flexibility index (Phi) is 2.33. The predicted octanol–water partition coefficient (Wildman–Crippen LogP) is 1.42. The number of rotatable bonds is 0. The Hall–Kier alpha value is -1.66. The summed E-state index contributed by atoms with van der Waals surface area (Å²) in [5.41, 5.74) is 4.47. The Labute approximate surface area is 140 Å². The van der Waals surface area contributed by atoms with Crippen LogP contribution in [-0.2, 0) is 16.6 Å². The van der Waals surface area contributed by atoms with Crippen molar-refractivity contribution in [1.82, 2.24) is 10.4 Å². The predicted molar refractivity (Wildman–Crippen MR) is 86.0 cm³/mol. The fraction of sp³-hybridized carbons (Fsp3) is 0.474. The number of hydrogen-bond acceptors (Lipinski definition) is 5. The van der Waals surface area contributed by atoms with Gasteiger partial charge < -0.3 is 15.2 Å². The van der Waals surface area contributed by atoms with Gasteiger partial charge in [-0.25, -0.2) is 5.06 Å². The Morgan fingerprint density at radius 3 is 3.08 bits per heavy atom. The van der Waals surface area contributed by atoms with Gasteiger partial charge in [-0.2, -0.15) is 0 Å². The van der Waals surface area contributed by atoms with Crippen LogP contribution in [0.2, 0.25) is 0 Å². The summed E-state index contributed by atoms with van der Waals surface area (Å²) in [6.07, 6.45) is 5.72. The minimum atomic E-state index is -1.31. The number of ether oxygens (including phenoxy) is 1. The molecule has 5 atom stereocenters. The Balaban J connectivity index is 1.59. The molecule has 0 spiro atoms. The highest BCUT2D eigenvalue weighted by Crippen LogP contribution is 2.62. The second kappa shape index (κ2) is 4.11. The molecule has 0 amide bonds. The van der Waals surface area contributed by atoms with E-state index >= 15 is 0 Å². The molecule has 0 radical (unpaired) electrons. The van der Waals surface area contributed by atoms with Crippen molar-refractivity contribution in [3.8, 4) is 0 Å². The maximum absolute atomic E-state index is 10.7. The van der Waals surface area contributed by atoms with E-state index in [1.54, 1.807) is 6.08 Å². The topological polar surface area (TPSA) is 65.0 Å². The van der Waals surface area contributed by atoms with Gasteiger partial charge in [0, 0.05) is 35.6 Å². The fourth-order valence-electron chi connectivity index (χ4n) is 5.97. The van der Waals surface area contributed by atoms with Gasteiger partial charge in [0.2, 0.25) is 5.79 Å². The van der Waals surface area contributed by atoms with Crippen molar-refractivity contribution in [3.63, 3.8) is 0 Å². The summed E-state index contributed by atoms with van der Waals surface area (Å²) < 4.78 is 6.00. The van der Waals surface area contributed by atoms with E-state index in [1.807, 2.05) is 0 Å². The van der Waals surface area contributed by atoms with Crippen LogP contribution in [0.15, 0.2) is 47.8 Å². The van der Waals surface area contributed by atoms with Gasteiger partial charge in [0.25, 0.3) is 0 Å². The van der Waals surface area contributed by atoms with Crippen LogP contribution in [0.3, 0.4) is 0 Å². The summed E-state index contributed by atoms with van der Waals surface area (Å²) in [5, 5.41) is 25.9. The van der Waals surface area contributed by atoms with Gasteiger partial charge in [0.1, 0.15) is 0 Å². The first-order valence-corrected chi connectivity index (χ1v) is 8.75. The summed E-state index contributed by atoms with van der Waals surface area (Å²) in [7, 11) is 0. The van der Waals surface area contributed by atoms with Gasteiger partial charge in [0.05, 0.1) is 11.8 Å². The molecule has 5 nitrogen and oxygen atoms in total. The SMILES string of the molecule is ON1C=CC2(O)O[C@@H]3C2=C1C[C@]12CCN[C@H](Cc4ccccc41)[C@H]32. The zero-order valence-electron chi connectivity index (χ0n) is 13.3. The molecule has 3 N–H and O–H groups in total. The van der Waals surface area contributed by atoms with Crippen LogP contribution in [0, 0.1) is 5.92 Å². The number of nitrogens with one attached hydrogen (secondary N) is 1. The van der Waals surface area contributed by atoms with E-state index in [1.165, 1.54) is 22.4 Å². The molecule has 0 saturated carbocycles. The van der Waals surface area contributed by atoms with E-state index in [-0.39, 0.29) is 11.5 Å². The van der Waals surface area contributed by atoms with Crippen molar-refractivity contribution in [2.24, 2.45) is 5.92 Å².